The average Bonchev–Trinajstić information content (AvgIpc) is 2.30. The zero-order chi connectivity index (χ0) is 10.5. The van der Waals surface area contributed by atoms with E-state index in [4.69, 9.17) is 0 Å². The number of hydrogen-bond acceptors (Lipinski definition) is 0. The van der Waals surface area contributed by atoms with Crippen LogP contribution in [0.1, 0.15) is 31.2 Å². The van der Waals surface area contributed by atoms with Gasteiger partial charge in [-0.25, -0.2) is 0 Å². The van der Waals surface area contributed by atoms with Crippen LogP contribution in [0.2, 0.25) is 0 Å². The summed E-state index contributed by atoms with van der Waals surface area (Å²) in [6.45, 7) is 0. The van der Waals surface area contributed by atoms with Crippen LogP contribution in [-0.4, -0.2) is 4.83 Å². The van der Waals surface area contributed by atoms with Gasteiger partial charge in [-0.1, -0.05) is 58.4 Å². The van der Waals surface area contributed by atoms with E-state index in [2.05, 4.69) is 58.4 Å². The Morgan fingerprint density at radius 3 is 2.33 bits per heavy atom. The van der Waals surface area contributed by atoms with Crippen molar-refractivity contribution < 1.29 is 0 Å². The maximum atomic E-state index is 3.69. The molecule has 1 aromatic carbocycles. The number of rotatable bonds is 2. The molecule has 0 N–H and O–H groups in total. The molecular formula is C14H17Br. The van der Waals surface area contributed by atoms with Crippen LogP contribution in [0.5, 0.6) is 0 Å². The minimum Gasteiger partial charge on any atom is -0.0891 e. The molecule has 15 heavy (non-hydrogen) atoms. The van der Waals surface area contributed by atoms with E-state index in [0.29, 0.717) is 0 Å². The van der Waals surface area contributed by atoms with Gasteiger partial charge in [-0.05, 0) is 37.2 Å². The van der Waals surface area contributed by atoms with Crippen LogP contribution in [0.4, 0.5) is 0 Å². The lowest BCUT2D eigenvalue weighted by molar-refractivity contribution is 0.433. The molecule has 0 atom stereocenters. The molecule has 1 aromatic rings. The summed E-state index contributed by atoms with van der Waals surface area (Å²) in [5.41, 5.74) is 1.32. The molecule has 0 saturated heterocycles. The van der Waals surface area contributed by atoms with Crippen molar-refractivity contribution in [3.05, 3.63) is 42.0 Å². The summed E-state index contributed by atoms with van der Waals surface area (Å²) in [6.07, 6.45) is 9.96. The van der Waals surface area contributed by atoms with Crippen molar-refractivity contribution in [1.82, 2.24) is 0 Å². The third kappa shape index (κ3) is 3.49. The van der Waals surface area contributed by atoms with E-state index in [1.807, 2.05) is 0 Å². The van der Waals surface area contributed by atoms with Crippen LogP contribution in [0.15, 0.2) is 36.4 Å². The highest BCUT2D eigenvalue weighted by molar-refractivity contribution is 9.09. The van der Waals surface area contributed by atoms with E-state index in [0.717, 1.165) is 10.7 Å². The Bertz CT molecular complexity index is 307. The molecule has 0 aromatic heterocycles. The molecule has 0 nitrogen and oxygen atoms in total. The van der Waals surface area contributed by atoms with Gasteiger partial charge in [0, 0.05) is 4.83 Å². The Morgan fingerprint density at radius 2 is 1.67 bits per heavy atom. The molecule has 1 aliphatic carbocycles. The van der Waals surface area contributed by atoms with Crippen LogP contribution < -0.4 is 0 Å². The first-order chi connectivity index (χ1) is 7.34. The van der Waals surface area contributed by atoms with Crippen molar-refractivity contribution in [2.24, 2.45) is 5.92 Å². The Balaban J connectivity index is 1.89. The van der Waals surface area contributed by atoms with Gasteiger partial charge in [-0.15, -0.1) is 0 Å². The van der Waals surface area contributed by atoms with Gasteiger partial charge in [-0.2, -0.15) is 0 Å². The Kier molecular flexibility index (Phi) is 4.01. The molecule has 0 aliphatic heterocycles. The van der Waals surface area contributed by atoms with E-state index in [1.54, 1.807) is 0 Å². The first-order valence-electron chi connectivity index (χ1n) is 5.72. The van der Waals surface area contributed by atoms with Gasteiger partial charge >= 0.3 is 0 Å². The quantitative estimate of drug-likeness (QED) is 0.682. The third-order valence-electron chi connectivity index (χ3n) is 3.06. The summed E-state index contributed by atoms with van der Waals surface area (Å²) in [7, 11) is 0. The minimum absolute atomic E-state index is 0.763. The summed E-state index contributed by atoms with van der Waals surface area (Å²) >= 11 is 3.69. The van der Waals surface area contributed by atoms with E-state index < -0.39 is 0 Å². The molecule has 1 aliphatic rings. The van der Waals surface area contributed by atoms with Crippen LogP contribution in [0, 0.1) is 5.92 Å². The van der Waals surface area contributed by atoms with Gasteiger partial charge in [-0.3, -0.25) is 0 Å². The summed E-state index contributed by atoms with van der Waals surface area (Å²) in [6, 6.07) is 10.6. The second-order valence-electron chi connectivity index (χ2n) is 4.28. The summed E-state index contributed by atoms with van der Waals surface area (Å²) in [4.78, 5) is 0.763. The van der Waals surface area contributed by atoms with Gasteiger partial charge in [0.25, 0.3) is 0 Å². The fraction of sp³-hybridized carbons (Fsp3) is 0.429. The normalized spacial score (nSPS) is 27.0. The standard InChI is InChI=1S/C14H17Br/c15-14-10-8-13(9-11-14)7-6-12-4-2-1-3-5-12/h1-7,13-14H,8-11H2/b7-6+. The van der Waals surface area contributed by atoms with E-state index >= 15 is 0 Å². The molecule has 1 heteroatoms. The second kappa shape index (κ2) is 5.50. The summed E-state index contributed by atoms with van der Waals surface area (Å²) in [5, 5.41) is 0. The fourth-order valence-electron chi connectivity index (χ4n) is 2.08. The zero-order valence-electron chi connectivity index (χ0n) is 8.90. The molecule has 0 unspecified atom stereocenters. The maximum Gasteiger partial charge on any atom is 0.0146 e. The molecule has 1 saturated carbocycles. The molecule has 1 fully saturated rings. The molecule has 0 spiro atoms. The topological polar surface area (TPSA) is 0 Å². The van der Waals surface area contributed by atoms with Crippen molar-refractivity contribution in [3.8, 4) is 0 Å². The summed E-state index contributed by atoms with van der Waals surface area (Å²) in [5.74, 6) is 0.791. The molecule has 80 valence electrons. The SMILES string of the molecule is BrC1CCC(/C=C/c2ccccc2)CC1. The van der Waals surface area contributed by atoms with Gasteiger partial charge < -0.3 is 0 Å². The van der Waals surface area contributed by atoms with Crippen molar-refractivity contribution >= 4 is 22.0 Å². The number of benzene rings is 1. The molecular weight excluding hydrogens is 248 g/mol. The van der Waals surface area contributed by atoms with Gasteiger partial charge in [0.1, 0.15) is 0 Å². The number of hydrogen-bond donors (Lipinski definition) is 0. The fourth-order valence-corrected chi connectivity index (χ4v) is 2.61. The van der Waals surface area contributed by atoms with Crippen LogP contribution in [0.3, 0.4) is 0 Å². The lowest BCUT2D eigenvalue weighted by Gasteiger charge is -2.22. The first kappa shape index (κ1) is 10.9. The lowest BCUT2D eigenvalue weighted by atomic mass is 9.88. The Labute approximate surface area is 101 Å². The summed E-state index contributed by atoms with van der Waals surface area (Å²) < 4.78 is 0. The van der Waals surface area contributed by atoms with Crippen molar-refractivity contribution in [1.29, 1.82) is 0 Å². The predicted molar refractivity (Wildman–Crippen MR) is 70.1 cm³/mol. The molecule has 0 heterocycles. The van der Waals surface area contributed by atoms with Crippen molar-refractivity contribution in [3.63, 3.8) is 0 Å². The van der Waals surface area contributed by atoms with Gasteiger partial charge in [0.2, 0.25) is 0 Å². The van der Waals surface area contributed by atoms with Crippen LogP contribution in [-0.2, 0) is 0 Å². The number of halogens is 1. The number of allylic oxidation sites excluding steroid dienone is 1. The molecule has 0 amide bonds. The van der Waals surface area contributed by atoms with Crippen LogP contribution in [0.25, 0.3) is 6.08 Å². The maximum absolute atomic E-state index is 3.69. The Hall–Kier alpha value is -0.560. The van der Waals surface area contributed by atoms with E-state index in [9.17, 15) is 0 Å². The third-order valence-corrected chi connectivity index (χ3v) is 3.98. The largest absolute Gasteiger partial charge is 0.0891 e. The molecule has 2 rings (SSSR count). The highest BCUT2D eigenvalue weighted by Gasteiger charge is 2.16. The highest BCUT2D eigenvalue weighted by Crippen LogP contribution is 2.29. The molecule has 0 bridgehead atoms. The van der Waals surface area contributed by atoms with E-state index in [1.165, 1.54) is 31.2 Å². The zero-order valence-corrected chi connectivity index (χ0v) is 10.5. The Morgan fingerprint density at radius 1 is 1.00 bits per heavy atom. The van der Waals surface area contributed by atoms with Crippen molar-refractivity contribution in [2.45, 2.75) is 30.5 Å². The minimum atomic E-state index is 0.763. The van der Waals surface area contributed by atoms with Crippen LogP contribution >= 0.6 is 15.9 Å². The number of alkyl halides is 1. The lowest BCUT2D eigenvalue weighted by Crippen LogP contribution is -2.11. The van der Waals surface area contributed by atoms with E-state index in [-0.39, 0.29) is 0 Å². The second-order valence-corrected chi connectivity index (χ2v) is 5.58. The predicted octanol–water partition coefficient (Wildman–Crippen LogP) is 4.65. The average molecular weight is 265 g/mol. The smallest absolute Gasteiger partial charge is 0.0146 e. The first-order valence-corrected chi connectivity index (χ1v) is 6.63. The van der Waals surface area contributed by atoms with Gasteiger partial charge in [0.05, 0.1) is 0 Å². The monoisotopic (exact) mass is 264 g/mol. The van der Waals surface area contributed by atoms with Gasteiger partial charge in [0.15, 0.2) is 0 Å². The van der Waals surface area contributed by atoms with Crippen molar-refractivity contribution in [2.75, 3.05) is 0 Å². The highest BCUT2D eigenvalue weighted by atomic mass is 79.9. The molecule has 0 radical (unpaired) electrons.